The van der Waals surface area contributed by atoms with Crippen LogP contribution in [0.25, 0.3) is 0 Å². The Morgan fingerprint density at radius 3 is 2.67 bits per heavy atom. The normalized spacial score (nSPS) is 33.4. The Labute approximate surface area is 139 Å². The number of rotatable bonds is 5. The van der Waals surface area contributed by atoms with Crippen molar-refractivity contribution in [1.29, 1.82) is 0 Å². The highest BCUT2D eigenvalue weighted by atomic mass is 16.5. The van der Waals surface area contributed by atoms with Crippen LogP contribution in [0.1, 0.15) is 13.3 Å². The monoisotopic (exact) mass is 329 g/mol. The molecule has 1 aromatic carbocycles. The van der Waals surface area contributed by atoms with Gasteiger partial charge in [0, 0.05) is 0 Å². The smallest absolute Gasteiger partial charge is 0.241 e. The van der Waals surface area contributed by atoms with Gasteiger partial charge in [-0.1, -0.05) is 19.1 Å². The average molecular weight is 329 g/mol. The fourth-order valence-electron chi connectivity index (χ4n) is 3.85. The van der Waals surface area contributed by atoms with Crippen molar-refractivity contribution in [2.45, 2.75) is 25.0 Å². The van der Waals surface area contributed by atoms with Crippen LogP contribution in [0.2, 0.25) is 0 Å². The molecule has 0 saturated carbocycles. The van der Waals surface area contributed by atoms with Crippen molar-refractivity contribution in [1.82, 2.24) is 0 Å². The molecule has 3 aliphatic rings. The van der Waals surface area contributed by atoms with Gasteiger partial charge in [-0.2, -0.15) is 0 Å². The summed E-state index contributed by atoms with van der Waals surface area (Å²) in [6.45, 7) is 2.34. The minimum absolute atomic E-state index is 0.267. The van der Waals surface area contributed by atoms with Gasteiger partial charge in [-0.05, 0) is 30.7 Å². The van der Waals surface area contributed by atoms with Gasteiger partial charge in [0.2, 0.25) is 11.8 Å². The highest BCUT2D eigenvalue weighted by molar-refractivity contribution is 6.23. The summed E-state index contributed by atoms with van der Waals surface area (Å²) >= 11 is 0. The molecule has 1 N–H and O–H groups in total. The van der Waals surface area contributed by atoms with Gasteiger partial charge in [-0.3, -0.25) is 9.59 Å². The van der Waals surface area contributed by atoms with Crippen molar-refractivity contribution in [2.24, 2.45) is 11.8 Å². The first kappa shape index (κ1) is 15.4. The van der Waals surface area contributed by atoms with Crippen molar-refractivity contribution < 1.29 is 24.2 Å². The van der Waals surface area contributed by atoms with Gasteiger partial charge in [0.15, 0.2) is 0 Å². The molecule has 3 aliphatic heterocycles. The molecular formula is C18H19NO5. The molecule has 3 heterocycles. The number of benzene rings is 1. The summed E-state index contributed by atoms with van der Waals surface area (Å²) < 4.78 is 11.2. The largest absolute Gasteiger partial charge is 0.494 e. The number of amides is 2. The number of ether oxygens (including phenoxy) is 2. The number of anilines is 1. The number of aliphatic hydroxyl groups excluding tert-OH is 1. The van der Waals surface area contributed by atoms with E-state index in [1.165, 1.54) is 4.90 Å². The fraction of sp³-hybridized carbons (Fsp3) is 0.444. The second kappa shape index (κ2) is 5.43. The molecule has 2 fully saturated rings. The number of carbonyl (C=O) groups is 2. The van der Waals surface area contributed by atoms with Crippen LogP contribution in [-0.2, 0) is 14.3 Å². The second-order valence-electron chi connectivity index (χ2n) is 6.41. The van der Waals surface area contributed by atoms with E-state index < -0.39 is 23.5 Å². The fourth-order valence-corrected chi connectivity index (χ4v) is 3.85. The van der Waals surface area contributed by atoms with Crippen molar-refractivity contribution in [2.75, 3.05) is 18.1 Å². The van der Waals surface area contributed by atoms with E-state index in [0.717, 1.165) is 6.42 Å². The van der Waals surface area contributed by atoms with Crippen LogP contribution in [0.15, 0.2) is 36.4 Å². The highest BCUT2D eigenvalue weighted by Gasteiger charge is 2.67. The zero-order valence-electron chi connectivity index (χ0n) is 13.3. The molecule has 0 spiro atoms. The number of hydrogen-bond acceptors (Lipinski definition) is 5. The third-order valence-electron chi connectivity index (χ3n) is 4.97. The summed E-state index contributed by atoms with van der Waals surface area (Å²) in [5, 5.41) is 9.70. The topological polar surface area (TPSA) is 76.1 Å². The van der Waals surface area contributed by atoms with Crippen molar-refractivity contribution in [3.05, 3.63) is 36.4 Å². The van der Waals surface area contributed by atoms with Crippen LogP contribution >= 0.6 is 0 Å². The first-order valence-corrected chi connectivity index (χ1v) is 8.20. The third kappa shape index (κ3) is 1.96. The molecule has 0 unspecified atom stereocenters. The molecular weight excluding hydrogens is 310 g/mol. The van der Waals surface area contributed by atoms with E-state index in [0.29, 0.717) is 18.0 Å². The predicted molar refractivity (Wildman–Crippen MR) is 85.5 cm³/mol. The van der Waals surface area contributed by atoms with Gasteiger partial charge in [0.1, 0.15) is 11.4 Å². The van der Waals surface area contributed by atoms with Gasteiger partial charge in [-0.25, -0.2) is 4.90 Å². The molecule has 2 bridgehead atoms. The van der Waals surface area contributed by atoms with Crippen LogP contribution in [0.4, 0.5) is 5.69 Å². The zero-order chi connectivity index (χ0) is 16.9. The lowest BCUT2D eigenvalue weighted by Crippen LogP contribution is -2.43. The van der Waals surface area contributed by atoms with E-state index in [9.17, 15) is 14.7 Å². The number of carbonyl (C=O) groups excluding carboxylic acids is 2. The minimum Gasteiger partial charge on any atom is -0.494 e. The quantitative estimate of drug-likeness (QED) is 0.650. The van der Waals surface area contributed by atoms with Crippen molar-refractivity contribution >= 4 is 17.5 Å². The Bertz CT molecular complexity index is 713. The Kier molecular flexibility index (Phi) is 3.47. The lowest BCUT2D eigenvalue weighted by molar-refractivity contribution is -0.128. The molecule has 0 aromatic heterocycles. The summed E-state index contributed by atoms with van der Waals surface area (Å²) in [6, 6.07) is 6.93. The molecule has 6 heteroatoms. The highest BCUT2D eigenvalue weighted by Crippen LogP contribution is 2.52. The number of imide groups is 1. The van der Waals surface area contributed by atoms with E-state index in [2.05, 4.69) is 0 Å². The summed E-state index contributed by atoms with van der Waals surface area (Å²) in [5.41, 5.74) is -0.531. The molecule has 6 nitrogen and oxygen atoms in total. The van der Waals surface area contributed by atoms with E-state index >= 15 is 0 Å². The third-order valence-corrected chi connectivity index (χ3v) is 4.97. The van der Waals surface area contributed by atoms with Crippen LogP contribution in [0, 0.1) is 11.8 Å². The van der Waals surface area contributed by atoms with E-state index in [1.807, 2.05) is 6.92 Å². The number of nitrogens with zero attached hydrogens (tertiary/aromatic N) is 1. The average Bonchev–Trinajstić information content (AvgIpc) is 3.25. The van der Waals surface area contributed by atoms with Crippen molar-refractivity contribution in [3.63, 3.8) is 0 Å². The van der Waals surface area contributed by atoms with Gasteiger partial charge in [0.05, 0.1) is 36.8 Å². The Morgan fingerprint density at radius 2 is 2.00 bits per heavy atom. The van der Waals surface area contributed by atoms with E-state index in [-0.39, 0.29) is 18.4 Å². The molecule has 2 saturated heterocycles. The maximum atomic E-state index is 12.9. The van der Waals surface area contributed by atoms with Gasteiger partial charge >= 0.3 is 0 Å². The molecule has 2 amide bonds. The number of hydrogen-bond donors (Lipinski definition) is 1. The van der Waals surface area contributed by atoms with Crippen LogP contribution in [0.5, 0.6) is 5.75 Å². The van der Waals surface area contributed by atoms with E-state index in [1.54, 1.807) is 36.4 Å². The van der Waals surface area contributed by atoms with Gasteiger partial charge in [-0.15, -0.1) is 0 Å². The summed E-state index contributed by atoms with van der Waals surface area (Å²) in [6.07, 6.45) is 3.96. The Balaban J connectivity index is 1.62. The maximum Gasteiger partial charge on any atom is 0.241 e. The molecule has 126 valence electrons. The van der Waals surface area contributed by atoms with Gasteiger partial charge in [0.25, 0.3) is 0 Å². The van der Waals surface area contributed by atoms with Gasteiger partial charge < -0.3 is 14.6 Å². The van der Waals surface area contributed by atoms with Crippen LogP contribution < -0.4 is 9.64 Å². The second-order valence-corrected chi connectivity index (χ2v) is 6.41. The maximum absolute atomic E-state index is 12.9. The Morgan fingerprint density at radius 1 is 1.25 bits per heavy atom. The molecule has 4 rings (SSSR count). The molecule has 24 heavy (non-hydrogen) atoms. The lowest BCUT2D eigenvalue weighted by Gasteiger charge is -2.26. The molecule has 4 atom stereocenters. The van der Waals surface area contributed by atoms with Crippen molar-refractivity contribution in [3.8, 4) is 5.75 Å². The lowest BCUT2D eigenvalue weighted by atomic mass is 9.77. The minimum atomic E-state index is -1.05. The number of fused-ring (bicyclic) bond motifs is 5. The van der Waals surface area contributed by atoms with Crippen LogP contribution in [0.3, 0.4) is 0 Å². The summed E-state index contributed by atoms with van der Waals surface area (Å²) in [7, 11) is 0. The standard InChI is InChI=1S/C18H19NO5/c1-2-9-23-12-5-3-11(4-6-12)19-16(21)14-13-7-8-18(10-20,24-13)15(14)17(19)22/h3-8,13-15,20H,2,9-10H2,1H3/t13-,14+,15+,18+/m1/s1. The first-order valence-electron chi connectivity index (χ1n) is 8.20. The first-order chi connectivity index (χ1) is 11.6. The summed E-state index contributed by atoms with van der Waals surface area (Å²) in [5.74, 6) is -1.08. The SMILES string of the molecule is CCCOc1ccc(N2C(=O)[C@@H]3[C@@H](C2=O)[C@@]2(CO)C=C[C@H]3O2)cc1. The molecule has 0 radical (unpaired) electrons. The molecule has 0 aliphatic carbocycles. The van der Waals surface area contributed by atoms with Crippen LogP contribution in [-0.4, -0.2) is 41.8 Å². The summed E-state index contributed by atoms with van der Waals surface area (Å²) in [4.78, 5) is 26.9. The zero-order valence-corrected chi connectivity index (χ0v) is 13.3. The number of aliphatic hydroxyl groups is 1. The Hall–Kier alpha value is -2.18. The predicted octanol–water partition coefficient (Wildman–Crippen LogP) is 1.28. The molecule has 1 aromatic rings. The van der Waals surface area contributed by atoms with E-state index in [4.69, 9.17) is 9.47 Å².